The van der Waals surface area contributed by atoms with E-state index in [1.54, 1.807) is 11.3 Å². The highest BCUT2D eigenvalue weighted by Gasteiger charge is 1.97. The first-order chi connectivity index (χ1) is 4.34. The van der Waals surface area contributed by atoms with Gasteiger partial charge in [0.15, 0.2) is 0 Å². The molecule has 0 spiro atoms. The molecule has 9 heavy (non-hydrogen) atoms. The third-order valence-corrected chi connectivity index (χ3v) is 3.19. The summed E-state index contributed by atoms with van der Waals surface area (Å²) in [5.41, 5.74) is 3.07. The predicted octanol–water partition coefficient (Wildman–Crippen LogP) is 2.56. The van der Waals surface area contributed by atoms with Crippen LogP contribution in [0.3, 0.4) is 0 Å². The maximum absolute atomic E-state index is 4.13. The molecule has 50 valence electrons. The first-order valence-corrected chi connectivity index (χ1v) is 4.74. The van der Waals surface area contributed by atoms with Crippen molar-refractivity contribution in [2.75, 3.05) is 5.75 Å². The summed E-state index contributed by atoms with van der Waals surface area (Å²) in [4.78, 5) is 4.13. The lowest BCUT2D eigenvalue weighted by Gasteiger charge is -1.90. The van der Waals surface area contributed by atoms with E-state index >= 15 is 0 Å². The number of thioether (sulfide) groups is 1. The van der Waals surface area contributed by atoms with Crippen LogP contribution < -0.4 is 0 Å². The summed E-state index contributed by atoms with van der Waals surface area (Å²) < 4.78 is 1.36. The van der Waals surface area contributed by atoms with Gasteiger partial charge in [-0.1, -0.05) is 6.92 Å². The molecule has 1 aromatic heterocycles. The van der Waals surface area contributed by atoms with Crippen molar-refractivity contribution in [2.24, 2.45) is 0 Å². The molecular weight excluding hydrogens is 150 g/mol. The standard InChI is InChI=1S/C6H9NS2/c1-3-8-6-5(2)7-4-9-6/h4H,3H2,1-2H3. The Morgan fingerprint density at radius 3 is 3.00 bits per heavy atom. The van der Waals surface area contributed by atoms with E-state index in [2.05, 4.69) is 18.8 Å². The van der Waals surface area contributed by atoms with E-state index in [4.69, 9.17) is 0 Å². The van der Waals surface area contributed by atoms with E-state index in [0.717, 1.165) is 5.75 Å². The minimum absolute atomic E-state index is 1.14. The number of aryl methyl sites for hydroxylation is 1. The molecule has 0 aliphatic heterocycles. The van der Waals surface area contributed by atoms with Gasteiger partial charge in [0.25, 0.3) is 0 Å². The second-order valence-electron chi connectivity index (χ2n) is 1.66. The van der Waals surface area contributed by atoms with E-state index in [1.807, 2.05) is 17.3 Å². The lowest BCUT2D eigenvalue weighted by atomic mass is 10.6. The average molecular weight is 159 g/mol. The van der Waals surface area contributed by atoms with Gasteiger partial charge >= 0.3 is 0 Å². The number of hydrogen-bond acceptors (Lipinski definition) is 3. The zero-order valence-electron chi connectivity index (χ0n) is 5.55. The van der Waals surface area contributed by atoms with Gasteiger partial charge in [0.1, 0.15) is 0 Å². The van der Waals surface area contributed by atoms with Crippen molar-refractivity contribution in [3.63, 3.8) is 0 Å². The maximum atomic E-state index is 4.13. The van der Waals surface area contributed by atoms with Crippen LogP contribution in [0.1, 0.15) is 12.6 Å². The summed E-state index contributed by atoms with van der Waals surface area (Å²) in [7, 11) is 0. The van der Waals surface area contributed by atoms with Gasteiger partial charge in [-0.05, 0) is 12.7 Å². The second-order valence-corrected chi connectivity index (χ2v) is 4.05. The minimum Gasteiger partial charge on any atom is -0.249 e. The quantitative estimate of drug-likeness (QED) is 0.615. The highest BCUT2D eigenvalue weighted by Crippen LogP contribution is 2.25. The van der Waals surface area contributed by atoms with Crippen LogP contribution in [0.25, 0.3) is 0 Å². The Morgan fingerprint density at radius 2 is 2.56 bits per heavy atom. The van der Waals surface area contributed by atoms with Crippen molar-refractivity contribution >= 4 is 23.1 Å². The van der Waals surface area contributed by atoms with Gasteiger partial charge in [-0.15, -0.1) is 23.1 Å². The molecule has 0 bridgehead atoms. The van der Waals surface area contributed by atoms with E-state index in [0.29, 0.717) is 0 Å². The van der Waals surface area contributed by atoms with Crippen LogP contribution in [0.5, 0.6) is 0 Å². The molecule has 0 saturated heterocycles. The molecule has 0 atom stereocenters. The third kappa shape index (κ3) is 1.69. The zero-order valence-corrected chi connectivity index (χ0v) is 7.18. The molecule has 0 aliphatic rings. The van der Waals surface area contributed by atoms with Crippen molar-refractivity contribution in [3.8, 4) is 0 Å². The Hall–Kier alpha value is -0.0200. The van der Waals surface area contributed by atoms with Gasteiger partial charge in [0, 0.05) is 0 Å². The van der Waals surface area contributed by atoms with Crippen LogP contribution in [0, 0.1) is 6.92 Å². The molecular formula is C6H9NS2. The Balaban J connectivity index is 2.69. The fourth-order valence-corrected chi connectivity index (χ4v) is 2.37. The van der Waals surface area contributed by atoms with E-state index in [1.165, 1.54) is 9.90 Å². The largest absolute Gasteiger partial charge is 0.249 e. The van der Waals surface area contributed by atoms with Crippen LogP contribution in [-0.2, 0) is 0 Å². The molecule has 1 rings (SSSR count). The van der Waals surface area contributed by atoms with Gasteiger partial charge in [0.05, 0.1) is 15.4 Å². The van der Waals surface area contributed by atoms with Crippen LogP contribution in [0.4, 0.5) is 0 Å². The second kappa shape index (κ2) is 3.22. The molecule has 0 fully saturated rings. The molecule has 0 N–H and O–H groups in total. The van der Waals surface area contributed by atoms with Crippen molar-refractivity contribution in [2.45, 2.75) is 18.1 Å². The normalized spacial score (nSPS) is 10.0. The Morgan fingerprint density at radius 1 is 1.78 bits per heavy atom. The lowest BCUT2D eigenvalue weighted by Crippen LogP contribution is -1.71. The monoisotopic (exact) mass is 159 g/mol. The molecule has 0 saturated carbocycles. The van der Waals surface area contributed by atoms with Crippen LogP contribution >= 0.6 is 23.1 Å². The molecule has 0 aliphatic carbocycles. The SMILES string of the molecule is CCSc1scnc1C. The van der Waals surface area contributed by atoms with Crippen molar-refractivity contribution in [1.29, 1.82) is 0 Å². The molecule has 3 heteroatoms. The van der Waals surface area contributed by atoms with Gasteiger partial charge in [-0.3, -0.25) is 0 Å². The fourth-order valence-electron chi connectivity index (χ4n) is 0.561. The zero-order chi connectivity index (χ0) is 6.69. The number of thiazole rings is 1. The molecule has 1 nitrogen and oxygen atoms in total. The van der Waals surface area contributed by atoms with Crippen LogP contribution in [0.2, 0.25) is 0 Å². The highest BCUT2D eigenvalue weighted by atomic mass is 32.2. The Labute approximate surface area is 63.5 Å². The summed E-state index contributed by atoms with van der Waals surface area (Å²) >= 11 is 3.59. The summed E-state index contributed by atoms with van der Waals surface area (Å²) in [5.74, 6) is 1.14. The maximum Gasteiger partial charge on any atom is 0.0827 e. The summed E-state index contributed by atoms with van der Waals surface area (Å²) in [5, 5.41) is 0. The number of nitrogens with zero attached hydrogens (tertiary/aromatic N) is 1. The molecule has 0 unspecified atom stereocenters. The average Bonchev–Trinajstić information content (AvgIpc) is 2.18. The molecule has 1 heterocycles. The van der Waals surface area contributed by atoms with E-state index < -0.39 is 0 Å². The number of hydrogen-bond donors (Lipinski definition) is 0. The van der Waals surface area contributed by atoms with Crippen LogP contribution in [-0.4, -0.2) is 10.7 Å². The number of aromatic nitrogens is 1. The minimum atomic E-state index is 1.14. The summed E-state index contributed by atoms with van der Waals surface area (Å²) in [6.45, 7) is 4.21. The summed E-state index contributed by atoms with van der Waals surface area (Å²) in [6.07, 6.45) is 0. The molecule has 1 aromatic rings. The highest BCUT2D eigenvalue weighted by molar-refractivity contribution is 8.01. The summed E-state index contributed by atoms with van der Waals surface area (Å²) in [6, 6.07) is 0. The molecule has 0 aromatic carbocycles. The van der Waals surface area contributed by atoms with Crippen LogP contribution in [0.15, 0.2) is 9.72 Å². The number of rotatable bonds is 2. The van der Waals surface area contributed by atoms with Gasteiger partial charge in [0.2, 0.25) is 0 Å². The van der Waals surface area contributed by atoms with Gasteiger partial charge in [-0.25, -0.2) is 4.98 Å². The van der Waals surface area contributed by atoms with Gasteiger partial charge < -0.3 is 0 Å². The Bertz CT molecular complexity index is 183. The van der Waals surface area contributed by atoms with E-state index in [-0.39, 0.29) is 0 Å². The fraction of sp³-hybridized carbons (Fsp3) is 0.500. The molecule has 0 radical (unpaired) electrons. The smallest absolute Gasteiger partial charge is 0.0827 e. The first kappa shape index (κ1) is 7.09. The van der Waals surface area contributed by atoms with Crippen molar-refractivity contribution < 1.29 is 0 Å². The van der Waals surface area contributed by atoms with Crippen molar-refractivity contribution in [1.82, 2.24) is 4.98 Å². The predicted molar refractivity (Wildman–Crippen MR) is 43.2 cm³/mol. The third-order valence-electron chi connectivity index (χ3n) is 0.977. The van der Waals surface area contributed by atoms with Crippen molar-refractivity contribution in [3.05, 3.63) is 11.2 Å². The molecule has 0 amide bonds. The lowest BCUT2D eigenvalue weighted by molar-refractivity contribution is 1.21. The topological polar surface area (TPSA) is 12.9 Å². The first-order valence-electron chi connectivity index (χ1n) is 2.87. The van der Waals surface area contributed by atoms with E-state index in [9.17, 15) is 0 Å². The Kier molecular flexibility index (Phi) is 2.54. The van der Waals surface area contributed by atoms with Gasteiger partial charge in [-0.2, -0.15) is 0 Å².